The Labute approximate surface area is 111 Å². The van der Waals surface area contributed by atoms with Gasteiger partial charge in [-0.15, -0.1) is 5.10 Å². The molecule has 1 N–H and O–H groups in total. The highest BCUT2D eigenvalue weighted by molar-refractivity contribution is 5.28. The number of ether oxygens (including phenoxy) is 1. The molecule has 100 valence electrons. The number of tetrazole rings is 1. The van der Waals surface area contributed by atoms with Crippen molar-refractivity contribution < 1.29 is 4.74 Å². The summed E-state index contributed by atoms with van der Waals surface area (Å²) in [4.78, 5) is 0. The molecule has 1 aromatic heterocycles. The first-order valence-electron chi connectivity index (χ1n) is 6.46. The first kappa shape index (κ1) is 12.1. The zero-order valence-electron chi connectivity index (χ0n) is 10.9. The average molecular weight is 259 g/mol. The third-order valence-electron chi connectivity index (χ3n) is 3.20. The van der Waals surface area contributed by atoms with Crippen molar-refractivity contribution >= 4 is 0 Å². The van der Waals surface area contributed by atoms with Crippen molar-refractivity contribution in [2.75, 3.05) is 7.11 Å². The summed E-state index contributed by atoms with van der Waals surface area (Å²) < 4.78 is 7.04. The van der Waals surface area contributed by atoms with Gasteiger partial charge in [-0.25, -0.2) is 4.68 Å². The standard InChI is InChI=1S/C13H17N5O/c1-19-12-4-2-3-10(7-12)9-18-13(15-16-17-18)8-14-11-5-6-11/h2-4,7,11,14H,5-6,8-9H2,1H3. The van der Waals surface area contributed by atoms with E-state index >= 15 is 0 Å². The van der Waals surface area contributed by atoms with E-state index in [1.807, 2.05) is 28.9 Å². The van der Waals surface area contributed by atoms with Crippen LogP contribution in [-0.4, -0.2) is 33.4 Å². The molecule has 3 rings (SSSR count). The van der Waals surface area contributed by atoms with Crippen LogP contribution in [0.25, 0.3) is 0 Å². The summed E-state index contributed by atoms with van der Waals surface area (Å²) in [6.45, 7) is 1.38. The predicted octanol–water partition coefficient (Wildman–Crippen LogP) is 0.982. The van der Waals surface area contributed by atoms with Crippen molar-refractivity contribution in [3.8, 4) is 5.75 Å². The Morgan fingerprint density at radius 3 is 3.11 bits per heavy atom. The molecule has 1 aliphatic rings. The molecule has 0 bridgehead atoms. The van der Waals surface area contributed by atoms with Gasteiger partial charge in [-0.1, -0.05) is 12.1 Å². The van der Waals surface area contributed by atoms with Crippen molar-refractivity contribution in [3.63, 3.8) is 0 Å². The summed E-state index contributed by atoms with van der Waals surface area (Å²) >= 11 is 0. The molecular formula is C13H17N5O. The van der Waals surface area contributed by atoms with Crippen LogP contribution in [0.2, 0.25) is 0 Å². The fraction of sp³-hybridized carbons (Fsp3) is 0.462. The van der Waals surface area contributed by atoms with Gasteiger partial charge in [0.25, 0.3) is 0 Å². The molecule has 0 aliphatic heterocycles. The largest absolute Gasteiger partial charge is 0.497 e. The summed E-state index contributed by atoms with van der Waals surface area (Å²) in [5.41, 5.74) is 1.12. The van der Waals surface area contributed by atoms with Gasteiger partial charge in [0.2, 0.25) is 0 Å². The second-order valence-corrected chi connectivity index (χ2v) is 4.76. The van der Waals surface area contributed by atoms with Crippen molar-refractivity contribution in [1.82, 2.24) is 25.5 Å². The van der Waals surface area contributed by atoms with Gasteiger partial charge in [0.05, 0.1) is 20.2 Å². The van der Waals surface area contributed by atoms with E-state index < -0.39 is 0 Å². The van der Waals surface area contributed by atoms with Gasteiger partial charge in [-0.05, 0) is 41.0 Å². The third-order valence-corrected chi connectivity index (χ3v) is 3.20. The minimum absolute atomic E-state index is 0.655. The summed E-state index contributed by atoms with van der Waals surface area (Å²) in [5.74, 6) is 1.72. The van der Waals surface area contributed by atoms with Gasteiger partial charge in [-0.2, -0.15) is 0 Å². The Balaban J connectivity index is 1.69. The van der Waals surface area contributed by atoms with E-state index in [2.05, 4.69) is 20.8 Å². The van der Waals surface area contributed by atoms with Crippen LogP contribution < -0.4 is 10.1 Å². The highest BCUT2D eigenvalue weighted by atomic mass is 16.5. The monoisotopic (exact) mass is 259 g/mol. The average Bonchev–Trinajstić information content (AvgIpc) is 3.17. The smallest absolute Gasteiger partial charge is 0.165 e. The molecule has 1 heterocycles. The zero-order chi connectivity index (χ0) is 13.1. The number of hydrogen-bond donors (Lipinski definition) is 1. The molecule has 6 heteroatoms. The van der Waals surface area contributed by atoms with Crippen LogP contribution in [-0.2, 0) is 13.1 Å². The Morgan fingerprint density at radius 2 is 2.32 bits per heavy atom. The second-order valence-electron chi connectivity index (χ2n) is 4.76. The third kappa shape index (κ3) is 3.08. The quantitative estimate of drug-likeness (QED) is 0.837. The summed E-state index contributed by atoms with van der Waals surface area (Å²) in [6.07, 6.45) is 2.52. The molecule has 1 aliphatic carbocycles. The summed E-state index contributed by atoms with van der Waals surface area (Å²) in [6, 6.07) is 8.60. The number of rotatable bonds is 6. The van der Waals surface area contributed by atoms with E-state index in [-0.39, 0.29) is 0 Å². The van der Waals surface area contributed by atoms with Gasteiger partial charge >= 0.3 is 0 Å². The number of nitrogens with zero attached hydrogens (tertiary/aromatic N) is 4. The minimum atomic E-state index is 0.655. The highest BCUT2D eigenvalue weighted by Crippen LogP contribution is 2.19. The maximum atomic E-state index is 5.22. The van der Waals surface area contributed by atoms with Crippen molar-refractivity contribution in [1.29, 1.82) is 0 Å². The Hall–Kier alpha value is -1.95. The molecule has 1 saturated carbocycles. The van der Waals surface area contributed by atoms with E-state index in [0.717, 1.165) is 23.7 Å². The van der Waals surface area contributed by atoms with Crippen molar-refractivity contribution in [3.05, 3.63) is 35.7 Å². The van der Waals surface area contributed by atoms with Crippen LogP contribution >= 0.6 is 0 Å². The molecular weight excluding hydrogens is 242 g/mol. The molecule has 19 heavy (non-hydrogen) atoms. The zero-order valence-corrected chi connectivity index (χ0v) is 10.9. The molecule has 0 spiro atoms. The molecule has 2 aromatic rings. The van der Waals surface area contributed by atoms with E-state index in [1.165, 1.54) is 12.8 Å². The van der Waals surface area contributed by atoms with E-state index in [9.17, 15) is 0 Å². The van der Waals surface area contributed by atoms with Crippen LogP contribution in [0.5, 0.6) is 5.75 Å². The number of aromatic nitrogens is 4. The van der Waals surface area contributed by atoms with E-state index in [0.29, 0.717) is 12.6 Å². The van der Waals surface area contributed by atoms with Gasteiger partial charge in [0.15, 0.2) is 5.82 Å². The number of methoxy groups -OCH3 is 1. The minimum Gasteiger partial charge on any atom is -0.497 e. The number of nitrogens with one attached hydrogen (secondary N) is 1. The van der Waals surface area contributed by atoms with Crippen LogP contribution in [0.15, 0.2) is 24.3 Å². The fourth-order valence-electron chi connectivity index (χ4n) is 1.94. The lowest BCUT2D eigenvalue weighted by Gasteiger charge is -2.07. The first-order valence-corrected chi connectivity index (χ1v) is 6.46. The summed E-state index contributed by atoms with van der Waals surface area (Å²) in [5, 5.41) is 15.3. The maximum Gasteiger partial charge on any atom is 0.165 e. The molecule has 1 fully saturated rings. The number of hydrogen-bond acceptors (Lipinski definition) is 5. The van der Waals surface area contributed by atoms with Gasteiger partial charge in [0, 0.05) is 6.04 Å². The van der Waals surface area contributed by atoms with Crippen LogP contribution in [0.4, 0.5) is 0 Å². The Bertz CT molecular complexity index is 549. The first-order chi connectivity index (χ1) is 9.35. The predicted molar refractivity (Wildman–Crippen MR) is 69.8 cm³/mol. The van der Waals surface area contributed by atoms with Crippen LogP contribution in [0.3, 0.4) is 0 Å². The molecule has 0 amide bonds. The number of benzene rings is 1. The van der Waals surface area contributed by atoms with E-state index in [4.69, 9.17) is 4.74 Å². The van der Waals surface area contributed by atoms with Crippen molar-refractivity contribution in [2.24, 2.45) is 0 Å². The van der Waals surface area contributed by atoms with Gasteiger partial charge in [-0.3, -0.25) is 0 Å². The Morgan fingerprint density at radius 1 is 1.42 bits per heavy atom. The van der Waals surface area contributed by atoms with Crippen LogP contribution in [0, 0.1) is 0 Å². The lowest BCUT2D eigenvalue weighted by molar-refractivity contribution is 0.414. The SMILES string of the molecule is COc1cccc(Cn2nnnc2CNC2CC2)c1. The van der Waals surface area contributed by atoms with Gasteiger partial charge in [0.1, 0.15) is 5.75 Å². The Kier molecular flexibility index (Phi) is 3.41. The maximum absolute atomic E-state index is 5.22. The fourth-order valence-corrected chi connectivity index (χ4v) is 1.94. The molecule has 6 nitrogen and oxygen atoms in total. The van der Waals surface area contributed by atoms with Gasteiger partial charge < -0.3 is 10.1 Å². The molecule has 0 unspecified atom stereocenters. The lowest BCUT2D eigenvalue weighted by atomic mass is 10.2. The molecule has 0 saturated heterocycles. The topological polar surface area (TPSA) is 64.9 Å². The van der Waals surface area contributed by atoms with Crippen LogP contribution in [0.1, 0.15) is 24.2 Å². The normalized spacial score (nSPS) is 14.6. The molecule has 1 aromatic carbocycles. The highest BCUT2D eigenvalue weighted by Gasteiger charge is 2.21. The lowest BCUT2D eigenvalue weighted by Crippen LogP contribution is -2.19. The van der Waals surface area contributed by atoms with Crippen molar-refractivity contribution in [2.45, 2.75) is 32.0 Å². The molecule has 0 radical (unpaired) electrons. The molecule has 0 atom stereocenters. The van der Waals surface area contributed by atoms with E-state index in [1.54, 1.807) is 7.11 Å². The summed E-state index contributed by atoms with van der Waals surface area (Å²) in [7, 11) is 1.67. The second kappa shape index (κ2) is 5.36.